The Labute approximate surface area is 115 Å². The molecule has 1 aliphatic rings. The molecule has 0 radical (unpaired) electrons. The zero-order valence-electron chi connectivity index (χ0n) is 10.9. The van der Waals surface area contributed by atoms with Crippen molar-refractivity contribution in [2.45, 2.75) is 12.5 Å². The molecule has 0 saturated carbocycles. The van der Waals surface area contributed by atoms with E-state index in [2.05, 4.69) is 20.2 Å². The first-order chi connectivity index (χ1) is 9.72. The van der Waals surface area contributed by atoms with E-state index in [9.17, 15) is 4.79 Å². The molecular formula is C13H15N5O2. The Hall–Kier alpha value is -2.28. The van der Waals surface area contributed by atoms with E-state index in [0.717, 1.165) is 31.7 Å². The highest BCUT2D eigenvalue weighted by molar-refractivity contribution is 5.84. The fourth-order valence-electron chi connectivity index (χ4n) is 2.26. The molecule has 0 amide bonds. The Morgan fingerprint density at radius 2 is 2.25 bits per heavy atom. The van der Waals surface area contributed by atoms with Crippen molar-refractivity contribution in [1.82, 2.24) is 24.9 Å². The van der Waals surface area contributed by atoms with Gasteiger partial charge in [0.05, 0.1) is 12.2 Å². The summed E-state index contributed by atoms with van der Waals surface area (Å²) in [5.74, 6) is -1.04. The molecule has 0 atom stereocenters. The standard InChI is InChI=1S/C13H15N5O2/c19-13(20)12-9-18(16-15-12)11-7-17(8-11)6-4-10-3-1-2-5-14-10/h1-3,5,9,11H,4,6-8H2,(H,19,20). The number of hydrogen-bond donors (Lipinski definition) is 1. The second-order valence-corrected chi connectivity index (χ2v) is 4.87. The van der Waals surface area contributed by atoms with Gasteiger partial charge in [-0.3, -0.25) is 9.88 Å². The lowest BCUT2D eigenvalue weighted by atomic mass is 10.1. The van der Waals surface area contributed by atoms with E-state index in [4.69, 9.17) is 5.11 Å². The number of pyridine rings is 1. The van der Waals surface area contributed by atoms with E-state index < -0.39 is 5.97 Å². The van der Waals surface area contributed by atoms with Crippen LogP contribution in [-0.4, -0.2) is 55.6 Å². The summed E-state index contributed by atoms with van der Waals surface area (Å²) in [6.45, 7) is 2.69. The van der Waals surface area contributed by atoms with Crippen LogP contribution in [0.4, 0.5) is 0 Å². The van der Waals surface area contributed by atoms with E-state index in [1.165, 1.54) is 6.20 Å². The molecule has 3 rings (SSSR count). The van der Waals surface area contributed by atoms with Gasteiger partial charge in [0.2, 0.25) is 0 Å². The summed E-state index contributed by atoms with van der Waals surface area (Å²) >= 11 is 0. The first-order valence-electron chi connectivity index (χ1n) is 6.50. The summed E-state index contributed by atoms with van der Waals surface area (Å²) < 4.78 is 1.64. The van der Waals surface area contributed by atoms with Crippen LogP contribution in [0.1, 0.15) is 22.2 Å². The number of carboxylic acid groups (broad SMARTS) is 1. The van der Waals surface area contributed by atoms with Crippen LogP contribution in [0.3, 0.4) is 0 Å². The Morgan fingerprint density at radius 1 is 1.40 bits per heavy atom. The molecule has 20 heavy (non-hydrogen) atoms. The maximum absolute atomic E-state index is 10.7. The van der Waals surface area contributed by atoms with Crippen LogP contribution in [0.25, 0.3) is 0 Å². The quantitative estimate of drug-likeness (QED) is 0.852. The summed E-state index contributed by atoms with van der Waals surface area (Å²) in [5, 5.41) is 16.3. The van der Waals surface area contributed by atoms with E-state index >= 15 is 0 Å². The van der Waals surface area contributed by atoms with E-state index in [-0.39, 0.29) is 11.7 Å². The number of aromatic nitrogens is 4. The lowest BCUT2D eigenvalue weighted by Crippen LogP contribution is -2.48. The largest absolute Gasteiger partial charge is 0.476 e. The van der Waals surface area contributed by atoms with Gasteiger partial charge in [0.1, 0.15) is 0 Å². The van der Waals surface area contributed by atoms with Crippen LogP contribution < -0.4 is 0 Å². The van der Waals surface area contributed by atoms with Crippen molar-refractivity contribution in [3.05, 3.63) is 42.0 Å². The average molecular weight is 273 g/mol. The second-order valence-electron chi connectivity index (χ2n) is 4.87. The molecule has 7 nitrogen and oxygen atoms in total. The second kappa shape index (κ2) is 5.38. The highest BCUT2D eigenvalue weighted by Gasteiger charge is 2.29. The predicted molar refractivity (Wildman–Crippen MR) is 70.4 cm³/mol. The number of likely N-dealkylation sites (tertiary alicyclic amines) is 1. The molecule has 0 unspecified atom stereocenters. The van der Waals surface area contributed by atoms with Gasteiger partial charge in [0, 0.05) is 37.9 Å². The fraction of sp³-hybridized carbons (Fsp3) is 0.385. The van der Waals surface area contributed by atoms with Crippen molar-refractivity contribution in [3.8, 4) is 0 Å². The Bertz CT molecular complexity index is 592. The first kappa shape index (κ1) is 12.7. The molecule has 0 bridgehead atoms. The maximum Gasteiger partial charge on any atom is 0.358 e. The van der Waals surface area contributed by atoms with Gasteiger partial charge in [-0.1, -0.05) is 11.3 Å². The zero-order valence-corrected chi connectivity index (χ0v) is 10.9. The fourth-order valence-corrected chi connectivity index (χ4v) is 2.26. The summed E-state index contributed by atoms with van der Waals surface area (Å²) in [5.41, 5.74) is 1.09. The summed E-state index contributed by atoms with van der Waals surface area (Å²) in [6, 6.07) is 6.14. The molecule has 2 aromatic rings. The monoisotopic (exact) mass is 273 g/mol. The first-order valence-corrected chi connectivity index (χ1v) is 6.50. The smallest absolute Gasteiger partial charge is 0.358 e. The molecule has 2 aromatic heterocycles. The number of carbonyl (C=O) groups is 1. The van der Waals surface area contributed by atoms with Crippen LogP contribution in [-0.2, 0) is 6.42 Å². The minimum absolute atomic E-state index is 0.00284. The predicted octanol–water partition coefficient (Wildman–Crippen LogP) is 0.471. The minimum Gasteiger partial charge on any atom is -0.476 e. The molecule has 1 aliphatic heterocycles. The molecule has 104 valence electrons. The van der Waals surface area contributed by atoms with E-state index in [0.29, 0.717) is 0 Å². The molecule has 3 heterocycles. The van der Waals surface area contributed by atoms with Gasteiger partial charge in [-0.25, -0.2) is 9.48 Å². The number of hydrogen-bond acceptors (Lipinski definition) is 5. The molecular weight excluding hydrogens is 258 g/mol. The average Bonchev–Trinajstić information content (AvgIpc) is 2.88. The van der Waals surface area contributed by atoms with E-state index in [1.54, 1.807) is 10.9 Å². The van der Waals surface area contributed by atoms with Gasteiger partial charge in [-0.15, -0.1) is 5.10 Å². The van der Waals surface area contributed by atoms with Crippen molar-refractivity contribution in [2.75, 3.05) is 19.6 Å². The van der Waals surface area contributed by atoms with E-state index in [1.807, 2.05) is 18.2 Å². The van der Waals surface area contributed by atoms with Gasteiger partial charge in [-0.05, 0) is 12.1 Å². The number of nitrogens with zero attached hydrogens (tertiary/aromatic N) is 5. The van der Waals surface area contributed by atoms with Gasteiger partial charge in [0.25, 0.3) is 0 Å². The van der Waals surface area contributed by atoms with Crippen LogP contribution in [0.15, 0.2) is 30.6 Å². The number of carboxylic acids is 1. The Morgan fingerprint density at radius 3 is 2.90 bits per heavy atom. The molecule has 1 fully saturated rings. The van der Waals surface area contributed by atoms with Crippen LogP contribution in [0.2, 0.25) is 0 Å². The lowest BCUT2D eigenvalue weighted by Gasteiger charge is -2.38. The number of aromatic carboxylic acids is 1. The third kappa shape index (κ3) is 2.67. The SMILES string of the molecule is O=C(O)c1cn(C2CN(CCc3ccccn3)C2)nn1. The molecule has 0 aliphatic carbocycles. The molecule has 0 aromatic carbocycles. The topological polar surface area (TPSA) is 84.1 Å². The lowest BCUT2D eigenvalue weighted by molar-refractivity contribution is 0.0690. The Balaban J connectivity index is 1.47. The van der Waals surface area contributed by atoms with Crippen molar-refractivity contribution >= 4 is 5.97 Å². The zero-order chi connectivity index (χ0) is 13.9. The highest BCUT2D eigenvalue weighted by Crippen LogP contribution is 2.20. The summed E-state index contributed by atoms with van der Waals surface area (Å²) in [6.07, 6.45) is 4.21. The minimum atomic E-state index is -1.04. The van der Waals surface area contributed by atoms with Gasteiger partial charge in [-0.2, -0.15) is 0 Å². The van der Waals surface area contributed by atoms with Gasteiger partial charge in [0.15, 0.2) is 5.69 Å². The summed E-state index contributed by atoms with van der Waals surface area (Å²) in [7, 11) is 0. The third-order valence-electron chi connectivity index (χ3n) is 3.45. The van der Waals surface area contributed by atoms with Crippen LogP contribution in [0, 0.1) is 0 Å². The summed E-state index contributed by atoms with van der Waals surface area (Å²) in [4.78, 5) is 17.3. The molecule has 1 saturated heterocycles. The number of rotatable bonds is 5. The maximum atomic E-state index is 10.7. The van der Waals surface area contributed by atoms with Crippen LogP contribution >= 0.6 is 0 Å². The van der Waals surface area contributed by atoms with Gasteiger partial charge >= 0.3 is 5.97 Å². The van der Waals surface area contributed by atoms with Crippen molar-refractivity contribution in [1.29, 1.82) is 0 Å². The van der Waals surface area contributed by atoms with Crippen molar-refractivity contribution in [2.24, 2.45) is 0 Å². The third-order valence-corrected chi connectivity index (χ3v) is 3.45. The Kier molecular flexibility index (Phi) is 3.42. The normalized spacial score (nSPS) is 16.0. The van der Waals surface area contributed by atoms with Crippen molar-refractivity contribution < 1.29 is 9.90 Å². The molecule has 0 spiro atoms. The van der Waals surface area contributed by atoms with Crippen molar-refractivity contribution in [3.63, 3.8) is 0 Å². The van der Waals surface area contributed by atoms with Crippen LogP contribution in [0.5, 0.6) is 0 Å². The molecule has 7 heteroatoms. The van der Waals surface area contributed by atoms with Gasteiger partial charge < -0.3 is 5.11 Å². The molecule has 1 N–H and O–H groups in total. The highest BCUT2D eigenvalue weighted by atomic mass is 16.4.